The molecule has 0 radical (unpaired) electrons. The van der Waals surface area contributed by atoms with E-state index in [0.29, 0.717) is 18.5 Å². The van der Waals surface area contributed by atoms with Gasteiger partial charge in [0.25, 0.3) is 0 Å². The predicted octanol–water partition coefficient (Wildman–Crippen LogP) is 2.55. The van der Waals surface area contributed by atoms with Gasteiger partial charge in [-0.2, -0.15) is 0 Å². The van der Waals surface area contributed by atoms with Crippen LogP contribution in [0.15, 0.2) is 18.2 Å². The Hall–Kier alpha value is -1.26. The molecule has 4 nitrogen and oxygen atoms in total. The van der Waals surface area contributed by atoms with E-state index in [1.165, 1.54) is 6.07 Å². The number of hydrogen-bond donors (Lipinski definition) is 4. The van der Waals surface area contributed by atoms with E-state index in [2.05, 4.69) is 26.1 Å². The molecule has 1 aromatic carbocycles. The summed E-state index contributed by atoms with van der Waals surface area (Å²) in [4.78, 5) is 0. The van der Waals surface area contributed by atoms with Crippen LogP contribution in [0, 0.1) is 5.41 Å². The Labute approximate surface area is 115 Å². The molecule has 0 spiro atoms. The van der Waals surface area contributed by atoms with Crippen LogP contribution in [0.2, 0.25) is 0 Å². The predicted molar refractivity (Wildman–Crippen MR) is 76.3 cm³/mol. The maximum atomic E-state index is 9.93. The zero-order chi connectivity index (χ0) is 14.6. The van der Waals surface area contributed by atoms with Crippen molar-refractivity contribution in [2.75, 3.05) is 6.54 Å². The van der Waals surface area contributed by atoms with Crippen LogP contribution in [0.1, 0.15) is 45.7 Å². The number of aliphatic hydroxyl groups excluding tert-OH is 1. The highest BCUT2D eigenvalue weighted by Crippen LogP contribution is 2.28. The van der Waals surface area contributed by atoms with Gasteiger partial charge in [0.15, 0.2) is 0 Å². The molecule has 0 amide bonds. The van der Waals surface area contributed by atoms with Crippen molar-refractivity contribution < 1.29 is 15.3 Å². The van der Waals surface area contributed by atoms with Crippen LogP contribution in [0.25, 0.3) is 0 Å². The van der Waals surface area contributed by atoms with Crippen molar-refractivity contribution in [3.8, 4) is 11.5 Å². The van der Waals surface area contributed by atoms with Crippen molar-refractivity contribution >= 4 is 0 Å². The third-order valence-electron chi connectivity index (χ3n) is 2.99. The quantitative estimate of drug-likeness (QED) is 0.661. The molecule has 4 heteroatoms. The van der Waals surface area contributed by atoms with Gasteiger partial charge in [-0.25, -0.2) is 0 Å². The fourth-order valence-corrected chi connectivity index (χ4v) is 2.10. The van der Waals surface area contributed by atoms with E-state index in [1.54, 1.807) is 12.1 Å². The smallest absolute Gasteiger partial charge is 0.124 e. The van der Waals surface area contributed by atoms with Gasteiger partial charge in [-0.3, -0.25) is 0 Å². The highest BCUT2D eigenvalue weighted by Gasteiger charge is 2.18. The summed E-state index contributed by atoms with van der Waals surface area (Å²) in [6.07, 6.45) is 0.301. The van der Waals surface area contributed by atoms with E-state index in [1.807, 2.05) is 6.92 Å². The van der Waals surface area contributed by atoms with E-state index in [9.17, 15) is 15.3 Å². The normalized spacial score (nSPS) is 15.2. The molecule has 0 saturated heterocycles. The Morgan fingerprint density at radius 3 is 2.37 bits per heavy atom. The van der Waals surface area contributed by atoms with Crippen LogP contribution in [0.5, 0.6) is 11.5 Å². The van der Waals surface area contributed by atoms with Gasteiger partial charge in [-0.05, 0) is 24.8 Å². The van der Waals surface area contributed by atoms with Crippen LogP contribution < -0.4 is 5.32 Å². The molecule has 0 bridgehead atoms. The Morgan fingerprint density at radius 2 is 1.84 bits per heavy atom. The standard InChI is InChI=1S/C15H25NO3/c1-10(13-6-5-11(17)7-14(13)19)16-9-12(18)8-15(2,3)4/h5-7,10,12,16-19H,8-9H2,1-4H3. The lowest BCUT2D eigenvalue weighted by molar-refractivity contribution is 0.117. The molecule has 0 saturated carbocycles. The zero-order valence-corrected chi connectivity index (χ0v) is 12.1. The second-order valence-corrected chi connectivity index (χ2v) is 6.29. The number of aliphatic hydroxyl groups is 1. The van der Waals surface area contributed by atoms with Crippen molar-refractivity contribution in [1.29, 1.82) is 0 Å². The molecule has 0 heterocycles. The van der Waals surface area contributed by atoms with Gasteiger partial charge >= 0.3 is 0 Å². The van der Waals surface area contributed by atoms with E-state index in [0.717, 1.165) is 0 Å². The maximum Gasteiger partial charge on any atom is 0.124 e. The first-order valence-corrected chi connectivity index (χ1v) is 6.62. The minimum absolute atomic E-state index is 0.0428. The lowest BCUT2D eigenvalue weighted by Crippen LogP contribution is -2.31. The number of benzene rings is 1. The molecule has 4 N–H and O–H groups in total. The molecule has 19 heavy (non-hydrogen) atoms. The highest BCUT2D eigenvalue weighted by molar-refractivity contribution is 5.40. The summed E-state index contributed by atoms with van der Waals surface area (Å²) in [5, 5.41) is 32.1. The number of nitrogens with one attached hydrogen (secondary N) is 1. The molecule has 0 aliphatic heterocycles. The largest absolute Gasteiger partial charge is 0.508 e. The first-order valence-electron chi connectivity index (χ1n) is 6.62. The monoisotopic (exact) mass is 267 g/mol. The van der Waals surface area contributed by atoms with Gasteiger partial charge in [0.1, 0.15) is 11.5 Å². The Balaban J connectivity index is 2.53. The summed E-state index contributed by atoms with van der Waals surface area (Å²) in [6.45, 7) is 8.65. The molecule has 0 aromatic heterocycles. The number of hydrogen-bond acceptors (Lipinski definition) is 4. The number of phenolic OH excluding ortho intramolecular Hbond substituents is 2. The van der Waals surface area contributed by atoms with Gasteiger partial charge in [0.05, 0.1) is 6.10 Å². The number of phenols is 2. The van der Waals surface area contributed by atoms with Crippen molar-refractivity contribution in [3.63, 3.8) is 0 Å². The summed E-state index contributed by atoms with van der Waals surface area (Å²) in [7, 11) is 0. The van der Waals surface area contributed by atoms with Crippen LogP contribution in [-0.2, 0) is 0 Å². The van der Waals surface area contributed by atoms with E-state index >= 15 is 0 Å². The second kappa shape index (κ2) is 6.26. The molecule has 108 valence electrons. The highest BCUT2D eigenvalue weighted by atomic mass is 16.3. The Bertz CT molecular complexity index is 412. The maximum absolute atomic E-state index is 9.93. The van der Waals surface area contributed by atoms with Crippen LogP contribution in [-0.4, -0.2) is 28.0 Å². The SMILES string of the molecule is CC(NCC(O)CC(C)(C)C)c1ccc(O)cc1O. The molecule has 2 atom stereocenters. The van der Waals surface area contributed by atoms with Crippen LogP contribution in [0.4, 0.5) is 0 Å². The summed E-state index contributed by atoms with van der Waals surface area (Å²) in [6, 6.07) is 4.45. The fourth-order valence-electron chi connectivity index (χ4n) is 2.10. The first-order chi connectivity index (χ1) is 8.69. The third kappa shape index (κ3) is 5.49. The Morgan fingerprint density at radius 1 is 1.21 bits per heavy atom. The van der Waals surface area contributed by atoms with Crippen LogP contribution >= 0.6 is 0 Å². The molecule has 0 aliphatic carbocycles. The zero-order valence-electron chi connectivity index (χ0n) is 12.1. The van der Waals surface area contributed by atoms with Gasteiger partial charge in [-0.15, -0.1) is 0 Å². The molecule has 2 unspecified atom stereocenters. The topological polar surface area (TPSA) is 72.7 Å². The van der Waals surface area contributed by atoms with Gasteiger partial charge < -0.3 is 20.6 Å². The lowest BCUT2D eigenvalue weighted by atomic mass is 9.89. The summed E-state index contributed by atoms with van der Waals surface area (Å²) in [5.74, 6) is 0.103. The lowest BCUT2D eigenvalue weighted by Gasteiger charge is -2.24. The second-order valence-electron chi connectivity index (χ2n) is 6.29. The van der Waals surface area contributed by atoms with E-state index in [4.69, 9.17) is 0 Å². The number of rotatable bonds is 5. The van der Waals surface area contributed by atoms with Crippen LogP contribution in [0.3, 0.4) is 0 Å². The van der Waals surface area contributed by atoms with Gasteiger partial charge in [0.2, 0.25) is 0 Å². The van der Waals surface area contributed by atoms with E-state index < -0.39 is 6.10 Å². The molecule has 0 aliphatic rings. The molecule has 1 rings (SSSR count). The summed E-state index contributed by atoms with van der Waals surface area (Å²) >= 11 is 0. The minimum atomic E-state index is -0.415. The van der Waals surface area contributed by atoms with Crippen molar-refractivity contribution in [3.05, 3.63) is 23.8 Å². The summed E-state index contributed by atoms with van der Waals surface area (Å²) in [5.41, 5.74) is 0.797. The van der Waals surface area contributed by atoms with Crippen molar-refractivity contribution in [1.82, 2.24) is 5.32 Å². The third-order valence-corrected chi connectivity index (χ3v) is 2.99. The average molecular weight is 267 g/mol. The summed E-state index contributed by atoms with van der Waals surface area (Å²) < 4.78 is 0. The Kier molecular flexibility index (Phi) is 5.20. The van der Waals surface area contributed by atoms with Crippen molar-refractivity contribution in [2.45, 2.75) is 46.3 Å². The van der Waals surface area contributed by atoms with Crippen molar-refractivity contribution in [2.24, 2.45) is 5.41 Å². The van der Waals surface area contributed by atoms with Gasteiger partial charge in [-0.1, -0.05) is 26.8 Å². The molecular weight excluding hydrogens is 242 g/mol. The first kappa shape index (κ1) is 15.8. The molecule has 0 fully saturated rings. The minimum Gasteiger partial charge on any atom is -0.508 e. The van der Waals surface area contributed by atoms with Gasteiger partial charge in [0, 0.05) is 24.2 Å². The average Bonchev–Trinajstić information content (AvgIpc) is 2.23. The molecular formula is C15H25NO3. The number of aromatic hydroxyl groups is 2. The fraction of sp³-hybridized carbons (Fsp3) is 0.600. The van der Waals surface area contributed by atoms with E-state index in [-0.39, 0.29) is 23.0 Å². The molecule has 1 aromatic rings.